The zero-order chi connectivity index (χ0) is 13.5. The zero-order valence-electron chi connectivity index (χ0n) is 11.6. The summed E-state index contributed by atoms with van der Waals surface area (Å²) < 4.78 is 0. The first-order valence-corrected chi connectivity index (χ1v) is 4.89. The van der Waals surface area contributed by atoms with E-state index in [-0.39, 0.29) is 36.9 Å². The summed E-state index contributed by atoms with van der Waals surface area (Å²) in [6.45, 7) is 3.28. The molecule has 0 aromatic heterocycles. The Balaban J connectivity index is -0.0000000980. The monoisotopic (exact) mass is 306 g/mol. The third-order valence-corrected chi connectivity index (χ3v) is 2.26. The Hall–Kier alpha value is -0.560. The summed E-state index contributed by atoms with van der Waals surface area (Å²) in [5.74, 6) is -1.56. The molecule has 0 aromatic rings. The van der Waals surface area contributed by atoms with Gasteiger partial charge in [-0.1, -0.05) is 0 Å². The van der Waals surface area contributed by atoms with E-state index < -0.39 is 11.9 Å². The SMILES string of the molecule is CC(C(=O)O)N(C)C.CC(C(=O)O)N(C)C.Cl.Cl. The highest BCUT2D eigenvalue weighted by molar-refractivity contribution is 5.85. The van der Waals surface area contributed by atoms with Crippen LogP contribution in [0.15, 0.2) is 0 Å². The molecule has 0 amide bonds. The molecule has 0 bridgehead atoms. The van der Waals surface area contributed by atoms with Crippen molar-refractivity contribution in [3.63, 3.8) is 0 Å². The highest BCUT2D eigenvalue weighted by Crippen LogP contribution is 1.89. The van der Waals surface area contributed by atoms with Crippen molar-refractivity contribution in [3.8, 4) is 0 Å². The third-order valence-electron chi connectivity index (χ3n) is 2.26. The van der Waals surface area contributed by atoms with Gasteiger partial charge in [0, 0.05) is 0 Å². The van der Waals surface area contributed by atoms with E-state index in [0.717, 1.165) is 0 Å². The van der Waals surface area contributed by atoms with Gasteiger partial charge in [-0.3, -0.25) is 19.4 Å². The number of halogens is 2. The highest BCUT2D eigenvalue weighted by atomic mass is 35.5. The summed E-state index contributed by atoms with van der Waals surface area (Å²) in [6.07, 6.45) is 0. The van der Waals surface area contributed by atoms with Crippen molar-refractivity contribution in [2.24, 2.45) is 0 Å². The second-order valence-electron chi connectivity index (χ2n) is 3.96. The lowest BCUT2D eigenvalue weighted by atomic mass is 10.3. The number of carboxylic acid groups (broad SMARTS) is 2. The second-order valence-corrected chi connectivity index (χ2v) is 3.96. The molecule has 0 saturated heterocycles. The molecule has 0 saturated carbocycles. The number of nitrogens with zero attached hydrogens (tertiary/aromatic N) is 2. The van der Waals surface area contributed by atoms with Crippen molar-refractivity contribution >= 4 is 36.8 Å². The summed E-state index contributed by atoms with van der Waals surface area (Å²) >= 11 is 0. The highest BCUT2D eigenvalue weighted by Gasteiger charge is 2.11. The van der Waals surface area contributed by atoms with Crippen molar-refractivity contribution in [1.82, 2.24) is 9.80 Å². The van der Waals surface area contributed by atoms with E-state index in [0.29, 0.717) is 0 Å². The Morgan fingerprint density at radius 3 is 0.944 bits per heavy atom. The molecule has 0 fully saturated rings. The molecule has 0 aromatic carbocycles. The number of aliphatic carboxylic acids is 2. The molecule has 2 N–H and O–H groups in total. The normalized spacial score (nSPS) is 12.4. The standard InChI is InChI=1S/2C5H11NO2.2ClH/c2*1-4(5(7)8)6(2)3;;/h2*4H,1-3H3,(H,7,8);2*1H. The fraction of sp³-hybridized carbons (Fsp3) is 0.800. The predicted octanol–water partition coefficient (Wildman–Crippen LogP) is 0.886. The molecule has 112 valence electrons. The molecule has 0 aliphatic rings. The lowest BCUT2D eigenvalue weighted by molar-refractivity contribution is -0.142. The molecule has 0 spiro atoms. The Labute approximate surface area is 121 Å². The van der Waals surface area contributed by atoms with Gasteiger partial charge in [-0.2, -0.15) is 0 Å². The second kappa shape index (κ2) is 12.9. The Morgan fingerprint density at radius 2 is 0.944 bits per heavy atom. The first-order valence-electron chi connectivity index (χ1n) is 4.89. The Kier molecular flexibility index (Phi) is 18.7. The third kappa shape index (κ3) is 13.5. The molecule has 0 heterocycles. The summed E-state index contributed by atoms with van der Waals surface area (Å²) in [5, 5.41) is 16.6. The summed E-state index contributed by atoms with van der Waals surface area (Å²) in [5.41, 5.74) is 0. The number of rotatable bonds is 4. The van der Waals surface area contributed by atoms with E-state index in [4.69, 9.17) is 10.2 Å². The van der Waals surface area contributed by atoms with Crippen LogP contribution in [0.25, 0.3) is 0 Å². The van der Waals surface area contributed by atoms with Crippen LogP contribution in [0.2, 0.25) is 0 Å². The molecule has 0 aliphatic carbocycles. The minimum absolute atomic E-state index is 0. The predicted molar refractivity (Wildman–Crippen MR) is 76.1 cm³/mol. The topological polar surface area (TPSA) is 81.1 Å². The maximum absolute atomic E-state index is 10.1. The minimum atomic E-state index is -0.782. The number of hydrogen-bond acceptors (Lipinski definition) is 4. The first-order chi connectivity index (χ1) is 7.11. The van der Waals surface area contributed by atoms with Gasteiger partial charge in [-0.15, -0.1) is 24.8 Å². The summed E-state index contributed by atoms with van der Waals surface area (Å²) in [6, 6.07) is -0.759. The van der Waals surface area contributed by atoms with E-state index >= 15 is 0 Å². The Morgan fingerprint density at radius 1 is 0.778 bits per heavy atom. The number of hydrogen-bond donors (Lipinski definition) is 2. The lowest BCUT2D eigenvalue weighted by Gasteiger charge is -2.13. The quantitative estimate of drug-likeness (QED) is 0.803. The Bertz CT molecular complexity index is 214. The van der Waals surface area contributed by atoms with Crippen LogP contribution >= 0.6 is 24.8 Å². The van der Waals surface area contributed by atoms with Gasteiger partial charge >= 0.3 is 11.9 Å². The van der Waals surface area contributed by atoms with Crippen molar-refractivity contribution < 1.29 is 19.8 Å². The smallest absolute Gasteiger partial charge is 0.320 e. The van der Waals surface area contributed by atoms with Gasteiger partial charge in [-0.05, 0) is 42.0 Å². The van der Waals surface area contributed by atoms with Crippen LogP contribution in [-0.2, 0) is 9.59 Å². The lowest BCUT2D eigenvalue weighted by Crippen LogP contribution is -2.32. The average molecular weight is 307 g/mol. The molecule has 2 unspecified atom stereocenters. The average Bonchev–Trinajstić information content (AvgIpc) is 2.15. The van der Waals surface area contributed by atoms with Gasteiger partial charge in [-0.25, -0.2) is 0 Å². The van der Waals surface area contributed by atoms with Crippen LogP contribution in [0, 0.1) is 0 Å². The van der Waals surface area contributed by atoms with Gasteiger partial charge in [0.25, 0.3) is 0 Å². The zero-order valence-corrected chi connectivity index (χ0v) is 13.2. The molecule has 0 radical (unpaired) electrons. The van der Waals surface area contributed by atoms with Crippen molar-refractivity contribution in [2.75, 3.05) is 28.2 Å². The van der Waals surface area contributed by atoms with Crippen molar-refractivity contribution in [1.29, 1.82) is 0 Å². The molecule has 0 aliphatic heterocycles. The number of likely N-dealkylation sites (N-methyl/N-ethyl adjacent to an activating group) is 2. The van der Waals surface area contributed by atoms with Crippen LogP contribution < -0.4 is 0 Å². The number of carbonyl (C=O) groups is 2. The molecule has 18 heavy (non-hydrogen) atoms. The molecule has 2 atom stereocenters. The van der Waals surface area contributed by atoms with Crippen LogP contribution in [-0.4, -0.2) is 72.2 Å². The van der Waals surface area contributed by atoms with E-state index in [1.54, 1.807) is 51.8 Å². The summed E-state index contributed by atoms with van der Waals surface area (Å²) in [7, 11) is 6.94. The van der Waals surface area contributed by atoms with E-state index in [9.17, 15) is 9.59 Å². The largest absolute Gasteiger partial charge is 0.480 e. The van der Waals surface area contributed by atoms with Crippen LogP contribution in [0.4, 0.5) is 0 Å². The van der Waals surface area contributed by atoms with Crippen LogP contribution in [0.3, 0.4) is 0 Å². The first kappa shape index (κ1) is 26.1. The van der Waals surface area contributed by atoms with E-state index in [2.05, 4.69) is 0 Å². The van der Waals surface area contributed by atoms with E-state index in [1.807, 2.05) is 0 Å². The van der Waals surface area contributed by atoms with E-state index in [1.165, 1.54) is 0 Å². The fourth-order valence-electron chi connectivity index (χ4n) is 0.442. The fourth-order valence-corrected chi connectivity index (χ4v) is 0.442. The summed E-state index contributed by atoms with van der Waals surface area (Å²) in [4.78, 5) is 23.5. The molecular formula is C10H24Cl2N2O4. The molecule has 6 nitrogen and oxygen atoms in total. The van der Waals surface area contributed by atoms with Gasteiger partial charge in [0.1, 0.15) is 12.1 Å². The molecule has 8 heteroatoms. The maximum Gasteiger partial charge on any atom is 0.320 e. The van der Waals surface area contributed by atoms with Gasteiger partial charge in [0.2, 0.25) is 0 Å². The maximum atomic E-state index is 10.1. The van der Waals surface area contributed by atoms with Gasteiger partial charge in [0.15, 0.2) is 0 Å². The van der Waals surface area contributed by atoms with Crippen LogP contribution in [0.1, 0.15) is 13.8 Å². The van der Waals surface area contributed by atoms with Gasteiger partial charge in [0.05, 0.1) is 0 Å². The van der Waals surface area contributed by atoms with Crippen molar-refractivity contribution in [3.05, 3.63) is 0 Å². The van der Waals surface area contributed by atoms with Crippen molar-refractivity contribution in [2.45, 2.75) is 25.9 Å². The van der Waals surface area contributed by atoms with Crippen LogP contribution in [0.5, 0.6) is 0 Å². The van der Waals surface area contributed by atoms with Gasteiger partial charge < -0.3 is 10.2 Å². The molecule has 0 rings (SSSR count). The molecular weight excluding hydrogens is 283 g/mol. The minimum Gasteiger partial charge on any atom is -0.480 e. The number of carboxylic acids is 2.